The maximum atomic E-state index is 12.8. The molecule has 6 nitrogen and oxygen atoms in total. The second-order valence-corrected chi connectivity index (χ2v) is 6.86. The highest BCUT2D eigenvalue weighted by Gasteiger charge is 2.28. The predicted octanol–water partition coefficient (Wildman–Crippen LogP) is 4.01. The Kier molecular flexibility index (Phi) is 4.99. The minimum atomic E-state index is -0.456. The molecule has 3 aromatic rings. The number of nitrogens with one attached hydrogen (secondary N) is 1. The van der Waals surface area contributed by atoms with Crippen LogP contribution in [0.2, 0.25) is 0 Å². The number of hydrogen-bond donors (Lipinski definition) is 1. The van der Waals surface area contributed by atoms with Crippen LogP contribution in [0, 0.1) is 0 Å². The van der Waals surface area contributed by atoms with Crippen molar-refractivity contribution in [2.24, 2.45) is 0 Å². The van der Waals surface area contributed by atoms with Crippen LogP contribution in [0.15, 0.2) is 60.7 Å². The molecule has 0 aromatic heterocycles. The third-order valence-electron chi connectivity index (χ3n) is 5.00. The molecular weight excluding hydrogens is 368 g/mol. The van der Waals surface area contributed by atoms with E-state index in [0.29, 0.717) is 29.8 Å². The molecule has 2 amide bonds. The summed E-state index contributed by atoms with van der Waals surface area (Å²) in [6.45, 7) is 0.461. The Morgan fingerprint density at radius 3 is 2.59 bits per heavy atom. The number of carbonyl (C=O) groups excluding carboxylic acids is 3. The van der Waals surface area contributed by atoms with Crippen molar-refractivity contribution in [1.29, 1.82) is 0 Å². The summed E-state index contributed by atoms with van der Waals surface area (Å²) in [7, 11) is 1.31. The molecular formula is C23H20N2O4. The van der Waals surface area contributed by atoms with E-state index in [1.807, 2.05) is 36.4 Å². The molecule has 0 saturated heterocycles. The van der Waals surface area contributed by atoms with E-state index < -0.39 is 5.97 Å². The van der Waals surface area contributed by atoms with E-state index >= 15 is 0 Å². The Bertz CT molecular complexity index is 1120. The summed E-state index contributed by atoms with van der Waals surface area (Å²) in [4.78, 5) is 38.4. The van der Waals surface area contributed by atoms with Gasteiger partial charge >= 0.3 is 5.97 Å². The van der Waals surface area contributed by atoms with Crippen LogP contribution in [0.1, 0.15) is 33.6 Å². The predicted molar refractivity (Wildman–Crippen MR) is 111 cm³/mol. The average molecular weight is 388 g/mol. The van der Waals surface area contributed by atoms with Gasteiger partial charge in [0.1, 0.15) is 0 Å². The fourth-order valence-electron chi connectivity index (χ4n) is 3.66. The number of amides is 2. The Labute approximate surface area is 168 Å². The van der Waals surface area contributed by atoms with Crippen molar-refractivity contribution in [2.45, 2.75) is 12.8 Å². The van der Waals surface area contributed by atoms with E-state index in [1.54, 1.807) is 29.2 Å². The molecule has 146 valence electrons. The van der Waals surface area contributed by atoms with Crippen molar-refractivity contribution in [1.82, 2.24) is 0 Å². The number of nitrogens with zero attached hydrogens (tertiary/aromatic N) is 1. The molecule has 0 fully saturated rings. The largest absolute Gasteiger partial charge is 0.465 e. The summed E-state index contributed by atoms with van der Waals surface area (Å²) >= 11 is 0. The van der Waals surface area contributed by atoms with Gasteiger partial charge in [-0.1, -0.05) is 30.3 Å². The average Bonchev–Trinajstić information content (AvgIpc) is 3.01. The first kappa shape index (κ1) is 18.7. The van der Waals surface area contributed by atoms with E-state index in [0.717, 1.165) is 16.5 Å². The van der Waals surface area contributed by atoms with Gasteiger partial charge in [0.05, 0.1) is 18.4 Å². The zero-order valence-corrected chi connectivity index (χ0v) is 16.0. The first-order valence-electron chi connectivity index (χ1n) is 9.40. The maximum Gasteiger partial charge on any atom is 0.337 e. The third-order valence-corrected chi connectivity index (χ3v) is 5.00. The highest BCUT2D eigenvalue weighted by molar-refractivity contribution is 6.25. The molecule has 0 saturated carbocycles. The van der Waals surface area contributed by atoms with E-state index in [1.165, 1.54) is 7.11 Å². The lowest BCUT2D eigenvalue weighted by Gasteiger charge is -2.17. The lowest BCUT2D eigenvalue weighted by Crippen LogP contribution is -2.28. The minimum Gasteiger partial charge on any atom is -0.465 e. The first-order valence-corrected chi connectivity index (χ1v) is 9.40. The molecule has 0 radical (unpaired) electrons. The van der Waals surface area contributed by atoms with E-state index in [9.17, 15) is 14.4 Å². The van der Waals surface area contributed by atoms with Crippen LogP contribution in [-0.2, 0) is 9.53 Å². The van der Waals surface area contributed by atoms with Gasteiger partial charge in [-0.05, 0) is 42.1 Å². The van der Waals surface area contributed by atoms with Crippen molar-refractivity contribution in [3.8, 4) is 0 Å². The van der Waals surface area contributed by atoms with Gasteiger partial charge in [-0.25, -0.2) is 4.79 Å². The second-order valence-electron chi connectivity index (χ2n) is 6.86. The first-order chi connectivity index (χ1) is 14.1. The number of benzene rings is 3. The topological polar surface area (TPSA) is 75.7 Å². The number of methoxy groups -OCH3 is 1. The Hall–Kier alpha value is -3.67. The fraction of sp³-hybridized carbons (Fsp3) is 0.174. The highest BCUT2D eigenvalue weighted by atomic mass is 16.5. The summed E-state index contributed by atoms with van der Waals surface area (Å²) < 4.78 is 4.69. The van der Waals surface area contributed by atoms with Gasteiger partial charge in [0, 0.05) is 29.6 Å². The molecule has 4 rings (SSSR count). The maximum absolute atomic E-state index is 12.8. The number of esters is 1. The van der Waals surface area contributed by atoms with Crippen LogP contribution in [0.4, 0.5) is 11.4 Å². The van der Waals surface area contributed by atoms with Crippen molar-refractivity contribution in [2.75, 3.05) is 23.9 Å². The summed E-state index contributed by atoms with van der Waals surface area (Å²) in [6, 6.07) is 18.2. The lowest BCUT2D eigenvalue weighted by atomic mass is 10.1. The minimum absolute atomic E-state index is 0.0250. The monoisotopic (exact) mass is 388 g/mol. The molecule has 1 heterocycles. The second kappa shape index (κ2) is 7.75. The summed E-state index contributed by atoms with van der Waals surface area (Å²) in [5.74, 6) is -0.653. The zero-order valence-electron chi connectivity index (χ0n) is 16.0. The molecule has 6 heteroatoms. The van der Waals surface area contributed by atoms with Crippen LogP contribution >= 0.6 is 0 Å². The SMILES string of the molecule is COC(=O)c1cccc(NC(=O)CCCN2C(=O)c3cccc4cccc2c34)c1. The van der Waals surface area contributed by atoms with E-state index in [-0.39, 0.29) is 18.2 Å². The molecule has 1 N–H and O–H groups in total. The van der Waals surface area contributed by atoms with Gasteiger partial charge in [0.15, 0.2) is 0 Å². The van der Waals surface area contributed by atoms with E-state index in [2.05, 4.69) is 10.1 Å². The number of ether oxygens (including phenoxy) is 1. The normalized spacial score (nSPS) is 12.3. The molecule has 3 aromatic carbocycles. The number of rotatable bonds is 6. The molecule has 0 spiro atoms. The lowest BCUT2D eigenvalue weighted by molar-refractivity contribution is -0.116. The van der Waals surface area contributed by atoms with Crippen molar-refractivity contribution in [3.63, 3.8) is 0 Å². The summed E-state index contributed by atoms with van der Waals surface area (Å²) in [5, 5.41) is 4.80. The van der Waals surface area contributed by atoms with Crippen LogP contribution in [0.25, 0.3) is 10.8 Å². The quantitative estimate of drug-likeness (QED) is 0.648. The van der Waals surface area contributed by atoms with Crippen molar-refractivity contribution >= 4 is 39.9 Å². The summed E-state index contributed by atoms with van der Waals surface area (Å²) in [6.07, 6.45) is 0.789. The fourth-order valence-corrected chi connectivity index (χ4v) is 3.66. The van der Waals surface area contributed by atoms with Crippen LogP contribution < -0.4 is 10.2 Å². The van der Waals surface area contributed by atoms with Crippen molar-refractivity contribution < 1.29 is 19.1 Å². The van der Waals surface area contributed by atoms with Gasteiger partial charge < -0.3 is 15.0 Å². The molecule has 0 aliphatic carbocycles. The molecule has 1 aliphatic rings. The van der Waals surface area contributed by atoms with Gasteiger partial charge in [0.25, 0.3) is 5.91 Å². The molecule has 0 bridgehead atoms. The number of carbonyl (C=O) groups is 3. The molecule has 29 heavy (non-hydrogen) atoms. The number of hydrogen-bond acceptors (Lipinski definition) is 4. The Balaban J connectivity index is 1.38. The Morgan fingerprint density at radius 1 is 1.03 bits per heavy atom. The zero-order chi connectivity index (χ0) is 20.4. The molecule has 0 unspecified atom stereocenters. The third kappa shape index (κ3) is 3.57. The Morgan fingerprint density at radius 2 is 1.79 bits per heavy atom. The highest BCUT2D eigenvalue weighted by Crippen LogP contribution is 2.37. The van der Waals surface area contributed by atoms with Crippen LogP contribution in [0.3, 0.4) is 0 Å². The van der Waals surface area contributed by atoms with E-state index in [4.69, 9.17) is 0 Å². The summed E-state index contributed by atoms with van der Waals surface area (Å²) in [5.41, 5.74) is 2.52. The number of anilines is 2. The van der Waals surface area contributed by atoms with Gasteiger partial charge in [-0.2, -0.15) is 0 Å². The molecule has 0 atom stereocenters. The van der Waals surface area contributed by atoms with Crippen molar-refractivity contribution in [3.05, 3.63) is 71.8 Å². The molecule has 1 aliphatic heterocycles. The van der Waals surface area contributed by atoms with Gasteiger partial charge in [0.2, 0.25) is 5.91 Å². The van der Waals surface area contributed by atoms with Gasteiger partial charge in [-0.15, -0.1) is 0 Å². The van der Waals surface area contributed by atoms with Crippen LogP contribution in [0.5, 0.6) is 0 Å². The standard InChI is InChI=1S/C23H20N2O4/c1-29-23(28)16-8-2-9-17(14-16)24-20(26)12-5-13-25-19-11-4-7-15-6-3-10-18(21(15)19)22(25)27/h2-4,6-11,14H,5,12-13H2,1H3,(H,24,26). The van der Waals surface area contributed by atoms with Gasteiger partial charge in [-0.3, -0.25) is 9.59 Å². The van der Waals surface area contributed by atoms with Crippen LogP contribution in [-0.4, -0.2) is 31.4 Å². The smallest absolute Gasteiger partial charge is 0.337 e.